The number of hydrogen-bond acceptors (Lipinski definition) is 7. The molecule has 1 spiro atoms. The molecule has 2 aliphatic heterocycles. The van der Waals surface area contributed by atoms with Gasteiger partial charge in [0.05, 0.1) is 30.0 Å². The van der Waals surface area contributed by atoms with Gasteiger partial charge in [0.25, 0.3) is 12.4 Å². The first-order chi connectivity index (χ1) is 15.4. The van der Waals surface area contributed by atoms with Crippen LogP contribution in [0.15, 0.2) is 48.9 Å². The van der Waals surface area contributed by atoms with Gasteiger partial charge in [-0.05, 0) is 25.3 Å². The summed E-state index contributed by atoms with van der Waals surface area (Å²) in [6, 6.07) is 9.99. The highest BCUT2D eigenvalue weighted by Crippen LogP contribution is 2.39. The lowest BCUT2D eigenvalue weighted by molar-refractivity contribution is -0.186. The summed E-state index contributed by atoms with van der Waals surface area (Å²) >= 11 is 0. The third kappa shape index (κ3) is 6.09. The number of aliphatic hydroxyl groups is 1. The molecule has 32 heavy (non-hydrogen) atoms. The van der Waals surface area contributed by atoms with Crippen molar-refractivity contribution in [2.45, 2.75) is 50.0 Å². The number of amides is 1. The van der Waals surface area contributed by atoms with Gasteiger partial charge in [-0.25, -0.2) is 4.98 Å². The summed E-state index contributed by atoms with van der Waals surface area (Å²) in [6.07, 6.45) is 6.66. The van der Waals surface area contributed by atoms with E-state index in [-0.39, 0.29) is 30.3 Å². The Kier molecular flexibility index (Phi) is 7.89. The van der Waals surface area contributed by atoms with Gasteiger partial charge in [-0.15, -0.1) is 0 Å². The van der Waals surface area contributed by atoms with Gasteiger partial charge >= 0.3 is 0 Å². The standard InChI is InChI=1S/C22H28N4O3.CH2O2/c1-21(28)16-22(7-11-26(12-8-22)14-17-5-3-2-4-6-17)29-15-19(21)25-20(27)18-13-23-9-10-24-18;2-1-3/h2-6,9-10,13,19,28H,7-8,11-12,14-16H2,1H3,(H,25,27);1H,(H,2,3)/t19-,21-;/m0./s1. The molecule has 0 bridgehead atoms. The Morgan fingerprint density at radius 2 is 1.97 bits per heavy atom. The first-order valence-electron chi connectivity index (χ1n) is 10.6. The molecule has 3 N–H and O–H groups in total. The molecule has 1 aromatic heterocycles. The van der Waals surface area contributed by atoms with Crippen molar-refractivity contribution in [1.82, 2.24) is 20.2 Å². The molecule has 2 fully saturated rings. The van der Waals surface area contributed by atoms with E-state index < -0.39 is 11.6 Å². The molecule has 0 saturated carbocycles. The van der Waals surface area contributed by atoms with Gasteiger partial charge in [0, 0.05) is 38.4 Å². The maximum absolute atomic E-state index is 12.4. The minimum absolute atomic E-state index is 0.234. The third-order valence-electron chi connectivity index (χ3n) is 6.10. The van der Waals surface area contributed by atoms with E-state index in [2.05, 4.69) is 44.5 Å². The van der Waals surface area contributed by atoms with Crippen LogP contribution in [0.3, 0.4) is 0 Å². The first kappa shape index (κ1) is 23.8. The highest BCUT2D eigenvalue weighted by Gasteiger charge is 2.49. The summed E-state index contributed by atoms with van der Waals surface area (Å²) in [7, 11) is 0. The summed E-state index contributed by atoms with van der Waals surface area (Å²) in [5.74, 6) is -0.347. The lowest BCUT2D eigenvalue weighted by atomic mass is 9.75. The first-order valence-corrected chi connectivity index (χ1v) is 10.6. The number of hydrogen-bond donors (Lipinski definition) is 3. The quantitative estimate of drug-likeness (QED) is 0.608. The van der Waals surface area contributed by atoms with Crippen molar-refractivity contribution in [3.63, 3.8) is 0 Å². The molecule has 3 heterocycles. The van der Waals surface area contributed by atoms with Crippen LogP contribution in [0, 0.1) is 0 Å². The average molecular weight is 443 g/mol. The Hall–Kier alpha value is -2.88. The summed E-state index contributed by atoms with van der Waals surface area (Å²) in [4.78, 5) is 31.1. The second-order valence-electron chi connectivity index (χ2n) is 8.51. The van der Waals surface area contributed by atoms with E-state index in [4.69, 9.17) is 14.6 Å². The lowest BCUT2D eigenvalue weighted by Crippen LogP contribution is -2.63. The smallest absolute Gasteiger partial charge is 0.290 e. The van der Waals surface area contributed by atoms with Crippen LogP contribution in [0.5, 0.6) is 0 Å². The molecular formula is C23H30N4O5. The number of carboxylic acid groups (broad SMARTS) is 1. The molecule has 2 atom stereocenters. The molecule has 0 radical (unpaired) electrons. The topological polar surface area (TPSA) is 125 Å². The van der Waals surface area contributed by atoms with Crippen LogP contribution in [-0.2, 0) is 16.1 Å². The average Bonchev–Trinajstić information content (AvgIpc) is 2.79. The van der Waals surface area contributed by atoms with Crippen LogP contribution in [-0.4, -0.2) is 74.4 Å². The Bertz CT molecular complexity index is 870. The fourth-order valence-corrected chi connectivity index (χ4v) is 4.39. The molecule has 2 saturated heterocycles. The number of piperidine rings is 1. The highest BCUT2D eigenvalue weighted by atomic mass is 16.5. The summed E-state index contributed by atoms with van der Waals surface area (Å²) in [6.45, 7) is 4.63. The Labute approximate surface area is 187 Å². The predicted molar refractivity (Wildman–Crippen MR) is 117 cm³/mol. The highest BCUT2D eigenvalue weighted by molar-refractivity contribution is 5.92. The van der Waals surface area contributed by atoms with E-state index in [0.717, 1.165) is 32.5 Å². The molecule has 1 aromatic carbocycles. The van der Waals surface area contributed by atoms with E-state index in [1.165, 1.54) is 24.2 Å². The van der Waals surface area contributed by atoms with Gasteiger partial charge in [0.1, 0.15) is 5.69 Å². The molecule has 1 amide bonds. The van der Waals surface area contributed by atoms with Crippen molar-refractivity contribution >= 4 is 12.4 Å². The van der Waals surface area contributed by atoms with Gasteiger partial charge in [-0.3, -0.25) is 19.5 Å². The SMILES string of the molecule is C[C@]1(O)CC2(CCN(Cc3ccccc3)CC2)OC[C@@H]1NC(=O)c1cnccn1.O=CO. The van der Waals surface area contributed by atoms with Gasteiger partial charge in [0.15, 0.2) is 0 Å². The summed E-state index contributed by atoms with van der Waals surface area (Å²) in [5, 5.41) is 20.9. The largest absolute Gasteiger partial charge is 0.483 e. The minimum Gasteiger partial charge on any atom is -0.483 e. The molecule has 2 aliphatic rings. The minimum atomic E-state index is -1.04. The van der Waals surface area contributed by atoms with Crippen molar-refractivity contribution < 1.29 is 24.5 Å². The normalized spacial score (nSPS) is 24.8. The van der Waals surface area contributed by atoms with Crippen molar-refractivity contribution in [3.8, 4) is 0 Å². The second kappa shape index (κ2) is 10.6. The van der Waals surface area contributed by atoms with Crippen molar-refractivity contribution in [1.29, 1.82) is 0 Å². The number of nitrogens with one attached hydrogen (secondary N) is 1. The molecular weight excluding hydrogens is 412 g/mol. The molecule has 9 nitrogen and oxygen atoms in total. The van der Waals surface area contributed by atoms with Gasteiger partial charge in [-0.1, -0.05) is 30.3 Å². The van der Waals surface area contributed by atoms with Crippen molar-refractivity contribution in [3.05, 3.63) is 60.2 Å². The van der Waals surface area contributed by atoms with Crippen LogP contribution < -0.4 is 5.32 Å². The van der Waals surface area contributed by atoms with Gasteiger partial charge < -0.3 is 20.3 Å². The van der Waals surface area contributed by atoms with Crippen LogP contribution in [0.1, 0.15) is 42.2 Å². The Morgan fingerprint density at radius 1 is 1.28 bits per heavy atom. The van der Waals surface area contributed by atoms with Crippen LogP contribution in [0.4, 0.5) is 0 Å². The third-order valence-corrected chi connectivity index (χ3v) is 6.10. The number of rotatable bonds is 4. The zero-order valence-corrected chi connectivity index (χ0v) is 18.2. The van der Waals surface area contributed by atoms with Gasteiger partial charge in [-0.2, -0.15) is 0 Å². The molecule has 2 aromatic rings. The predicted octanol–water partition coefficient (Wildman–Crippen LogP) is 1.48. The number of likely N-dealkylation sites (tertiary alicyclic amines) is 1. The molecule has 0 unspecified atom stereocenters. The maximum atomic E-state index is 12.4. The summed E-state index contributed by atoms with van der Waals surface area (Å²) in [5.41, 5.74) is 0.173. The van der Waals surface area contributed by atoms with Crippen LogP contribution in [0.2, 0.25) is 0 Å². The number of carbonyl (C=O) groups excluding carboxylic acids is 1. The molecule has 9 heteroatoms. The zero-order chi connectivity index (χ0) is 23.0. The fraction of sp³-hybridized carbons (Fsp3) is 0.478. The van der Waals surface area contributed by atoms with E-state index in [1.807, 2.05) is 6.07 Å². The maximum Gasteiger partial charge on any atom is 0.290 e. The van der Waals surface area contributed by atoms with E-state index in [0.29, 0.717) is 6.42 Å². The van der Waals surface area contributed by atoms with Crippen molar-refractivity contribution in [2.24, 2.45) is 0 Å². The number of nitrogens with zero attached hydrogens (tertiary/aromatic N) is 3. The number of benzene rings is 1. The number of aromatic nitrogens is 2. The zero-order valence-electron chi connectivity index (χ0n) is 18.2. The fourth-order valence-electron chi connectivity index (χ4n) is 4.39. The Morgan fingerprint density at radius 3 is 2.56 bits per heavy atom. The second-order valence-corrected chi connectivity index (χ2v) is 8.51. The van der Waals surface area contributed by atoms with Crippen LogP contribution in [0.25, 0.3) is 0 Å². The van der Waals surface area contributed by atoms with E-state index in [1.54, 1.807) is 6.92 Å². The number of ether oxygens (including phenoxy) is 1. The van der Waals surface area contributed by atoms with E-state index >= 15 is 0 Å². The lowest BCUT2D eigenvalue weighted by Gasteiger charge is -2.51. The molecule has 0 aliphatic carbocycles. The molecule has 172 valence electrons. The molecule has 4 rings (SSSR count). The van der Waals surface area contributed by atoms with Crippen molar-refractivity contribution in [2.75, 3.05) is 19.7 Å². The van der Waals surface area contributed by atoms with E-state index in [9.17, 15) is 9.90 Å². The van der Waals surface area contributed by atoms with Crippen LogP contribution >= 0.6 is 0 Å². The Balaban J connectivity index is 0.000000913. The van der Waals surface area contributed by atoms with Gasteiger partial charge in [0.2, 0.25) is 0 Å². The monoisotopic (exact) mass is 442 g/mol. The summed E-state index contributed by atoms with van der Waals surface area (Å²) < 4.78 is 6.25. The number of carbonyl (C=O) groups is 2.